The van der Waals surface area contributed by atoms with Gasteiger partial charge < -0.3 is 23.7 Å². The number of rotatable bonds is 9. The molecule has 1 heterocycles. The Morgan fingerprint density at radius 2 is 1.43 bits per heavy atom. The van der Waals surface area contributed by atoms with E-state index >= 15 is 0 Å². The Morgan fingerprint density at radius 1 is 0.857 bits per heavy atom. The molecular formula is C22H24O6. The van der Waals surface area contributed by atoms with Gasteiger partial charge in [-0.25, -0.2) is 0 Å². The van der Waals surface area contributed by atoms with Crippen molar-refractivity contribution in [2.75, 3.05) is 20.8 Å². The highest BCUT2D eigenvalue weighted by Gasteiger charge is 2.32. The zero-order valence-corrected chi connectivity index (χ0v) is 16.0. The average molecular weight is 384 g/mol. The van der Waals surface area contributed by atoms with Gasteiger partial charge in [-0.2, -0.15) is 0 Å². The summed E-state index contributed by atoms with van der Waals surface area (Å²) in [7, 11) is 3.24. The van der Waals surface area contributed by atoms with Crippen LogP contribution in [0.3, 0.4) is 0 Å². The lowest BCUT2D eigenvalue weighted by molar-refractivity contribution is -0.143. The van der Waals surface area contributed by atoms with Crippen molar-refractivity contribution < 1.29 is 28.5 Å². The van der Waals surface area contributed by atoms with Crippen molar-refractivity contribution in [3.63, 3.8) is 0 Å². The van der Waals surface area contributed by atoms with E-state index in [0.29, 0.717) is 13.2 Å². The fourth-order valence-corrected chi connectivity index (χ4v) is 2.80. The molecule has 1 aliphatic heterocycles. The van der Waals surface area contributed by atoms with E-state index in [9.17, 15) is 4.79 Å². The van der Waals surface area contributed by atoms with Crippen molar-refractivity contribution in [3.05, 3.63) is 72.0 Å². The van der Waals surface area contributed by atoms with Gasteiger partial charge in [0.15, 0.2) is 18.0 Å². The van der Waals surface area contributed by atoms with Crippen LogP contribution >= 0.6 is 0 Å². The molecule has 0 unspecified atom stereocenters. The Bertz CT molecular complexity index is 782. The highest BCUT2D eigenvalue weighted by Crippen LogP contribution is 2.18. The first-order valence-corrected chi connectivity index (χ1v) is 9.00. The van der Waals surface area contributed by atoms with Gasteiger partial charge in [0.25, 0.3) is 0 Å². The highest BCUT2D eigenvalue weighted by atomic mass is 16.6. The van der Waals surface area contributed by atoms with Crippen molar-refractivity contribution in [1.82, 2.24) is 0 Å². The van der Waals surface area contributed by atoms with Gasteiger partial charge in [0, 0.05) is 6.08 Å². The summed E-state index contributed by atoms with van der Waals surface area (Å²) < 4.78 is 27.4. The minimum atomic E-state index is -0.706. The van der Waals surface area contributed by atoms with E-state index in [2.05, 4.69) is 0 Å². The summed E-state index contributed by atoms with van der Waals surface area (Å²) in [6.07, 6.45) is 1.59. The number of carbonyl (C=O) groups is 1. The molecule has 0 N–H and O–H groups in total. The minimum Gasteiger partial charge on any atom is -0.497 e. The molecule has 0 amide bonds. The summed E-state index contributed by atoms with van der Waals surface area (Å²) in [5.41, 5.74) is 1.95. The van der Waals surface area contributed by atoms with Crippen LogP contribution in [0.15, 0.2) is 60.9 Å². The smallest absolute Gasteiger partial charge is 0.191 e. The second-order valence-corrected chi connectivity index (χ2v) is 6.32. The first-order chi connectivity index (χ1) is 13.7. The van der Waals surface area contributed by atoms with Crippen molar-refractivity contribution in [2.45, 2.75) is 25.4 Å². The van der Waals surface area contributed by atoms with Crippen LogP contribution in [0.1, 0.15) is 11.1 Å². The molecule has 0 bridgehead atoms. The lowest BCUT2D eigenvalue weighted by Crippen LogP contribution is -2.42. The zero-order valence-electron chi connectivity index (χ0n) is 16.0. The molecule has 2 aromatic carbocycles. The third-order valence-electron chi connectivity index (χ3n) is 4.40. The van der Waals surface area contributed by atoms with E-state index in [1.165, 1.54) is 12.3 Å². The van der Waals surface area contributed by atoms with Gasteiger partial charge in [-0.15, -0.1) is 0 Å². The molecule has 0 radical (unpaired) electrons. The third-order valence-corrected chi connectivity index (χ3v) is 4.40. The van der Waals surface area contributed by atoms with Crippen LogP contribution in [0.2, 0.25) is 0 Å². The van der Waals surface area contributed by atoms with Gasteiger partial charge in [-0.05, 0) is 35.4 Å². The Hall–Kier alpha value is -2.83. The van der Waals surface area contributed by atoms with Crippen molar-refractivity contribution in [3.8, 4) is 11.5 Å². The van der Waals surface area contributed by atoms with E-state index < -0.39 is 12.2 Å². The van der Waals surface area contributed by atoms with E-state index in [-0.39, 0.29) is 12.4 Å². The fraction of sp³-hybridized carbons (Fsp3) is 0.318. The van der Waals surface area contributed by atoms with Gasteiger partial charge in [0.2, 0.25) is 0 Å². The van der Waals surface area contributed by atoms with Crippen molar-refractivity contribution >= 4 is 5.78 Å². The molecule has 0 aromatic heterocycles. The molecule has 3 rings (SSSR count). The lowest BCUT2D eigenvalue weighted by atomic mass is 10.1. The number of benzene rings is 2. The van der Waals surface area contributed by atoms with Gasteiger partial charge in [-0.3, -0.25) is 4.79 Å². The van der Waals surface area contributed by atoms with Crippen LogP contribution in [-0.2, 0) is 32.2 Å². The quantitative estimate of drug-likeness (QED) is 0.661. The minimum absolute atomic E-state index is 0.127. The first kappa shape index (κ1) is 19.9. The predicted molar refractivity (Wildman–Crippen MR) is 103 cm³/mol. The van der Waals surface area contributed by atoms with Gasteiger partial charge in [0.1, 0.15) is 11.5 Å². The summed E-state index contributed by atoms with van der Waals surface area (Å²) in [5.74, 6) is 1.44. The van der Waals surface area contributed by atoms with Crippen LogP contribution in [0.5, 0.6) is 11.5 Å². The maximum absolute atomic E-state index is 12.2. The van der Waals surface area contributed by atoms with Gasteiger partial charge in [-0.1, -0.05) is 24.3 Å². The summed E-state index contributed by atoms with van der Waals surface area (Å²) in [6.45, 7) is 0.953. The molecule has 2 atom stereocenters. The number of hydrogen-bond acceptors (Lipinski definition) is 6. The Labute approximate surface area is 164 Å². The summed E-state index contributed by atoms with van der Waals surface area (Å²) >= 11 is 0. The largest absolute Gasteiger partial charge is 0.497 e. The fourth-order valence-electron chi connectivity index (χ4n) is 2.80. The Morgan fingerprint density at radius 3 is 2.00 bits per heavy atom. The summed E-state index contributed by atoms with van der Waals surface area (Å²) in [5, 5.41) is 0. The number of hydrogen-bond donors (Lipinski definition) is 0. The van der Waals surface area contributed by atoms with Gasteiger partial charge in [0.05, 0.1) is 40.3 Å². The number of methoxy groups -OCH3 is 2. The molecule has 0 fully saturated rings. The van der Waals surface area contributed by atoms with Crippen molar-refractivity contribution in [1.29, 1.82) is 0 Å². The van der Waals surface area contributed by atoms with Crippen molar-refractivity contribution in [2.24, 2.45) is 0 Å². The van der Waals surface area contributed by atoms with E-state index in [0.717, 1.165) is 22.6 Å². The first-order valence-electron chi connectivity index (χ1n) is 9.00. The molecule has 0 saturated carbocycles. The molecule has 148 valence electrons. The Kier molecular flexibility index (Phi) is 7.06. The standard InChI is InChI=1S/C22H24O6/c1-24-18-7-3-16(4-8-18)13-26-15-21-22(20(23)11-12-27-21)28-14-17-5-9-19(25-2)10-6-17/h3-12,21-22H,13-15H2,1-2H3/t21-,22+/m1/s1. The molecular weight excluding hydrogens is 360 g/mol. The SMILES string of the molecule is COc1ccc(COC[C@H]2OC=CC(=O)[C@@H]2OCc2ccc(OC)cc2)cc1. The normalized spacial score (nSPS) is 18.6. The number of ketones is 1. The number of ether oxygens (including phenoxy) is 5. The second-order valence-electron chi connectivity index (χ2n) is 6.32. The maximum Gasteiger partial charge on any atom is 0.191 e. The van der Waals surface area contributed by atoms with Crippen LogP contribution in [-0.4, -0.2) is 38.8 Å². The highest BCUT2D eigenvalue weighted by molar-refractivity contribution is 5.94. The molecule has 0 spiro atoms. The molecule has 0 aliphatic carbocycles. The molecule has 28 heavy (non-hydrogen) atoms. The second kappa shape index (κ2) is 9.92. The van der Waals surface area contributed by atoms with Crippen LogP contribution in [0, 0.1) is 0 Å². The van der Waals surface area contributed by atoms with E-state index in [1.54, 1.807) is 14.2 Å². The Balaban J connectivity index is 1.52. The molecule has 6 nitrogen and oxygen atoms in total. The van der Waals surface area contributed by atoms with E-state index in [1.807, 2.05) is 48.5 Å². The summed E-state index contributed by atoms with van der Waals surface area (Å²) in [6, 6.07) is 15.1. The van der Waals surface area contributed by atoms with Gasteiger partial charge >= 0.3 is 0 Å². The van der Waals surface area contributed by atoms with Crippen LogP contribution in [0.4, 0.5) is 0 Å². The maximum atomic E-state index is 12.2. The molecule has 1 aliphatic rings. The molecule has 0 saturated heterocycles. The topological polar surface area (TPSA) is 63.2 Å². The monoisotopic (exact) mass is 384 g/mol. The molecule has 2 aromatic rings. The zero-order chi connectivity index (χ0) is 19.8. The third kappa shape index (κ3) is 5.34. The predicted octanol–water partition coefficient (Wildman–Crippen LogP) is 3.29. The average Bonchev–Trinajstić information content (AvgIpc) is 2.74. The van der Waals surface area contributed by atoms with Crippen LogP contribution in [0.25, 0.3) is 0 Å². The summed E-state index contributed by atoms with van der Waals surface area (Å²) in [4.78, 5) is 12.2. The lowest BCUT2D eigenvalue weighted by Gasteiger charge is -2.27. The van der Waals surface area contributed by atoms with Crippen LogP contribution < -0.4 is 9.47 Å². The van der Waals surface area contributed by atoms with E-state index in [4.69, 9.17) is 23.7 Å². The molecule has 6 heteroatoms. The number of carbonyl (C=O) groups excluding carboxylic acids is 1.